The van der Waals surface area contributed by atoms with Gasteiger partial charge >= 0.3 is 0 Å². The van der Waals surface area contributed by atoms with Crippen LogP contribution < -0.4 is 0 Å². The summed E-state index contributed by atoms with van der Waals surface area (Å²) in [5.41, 5.74) is 0. The quantitative estimate of drug-likeness (QED) is 0.593. The van der Waals surface area contributed by atoms with Crippen LogP contribution >= 0.6 is 23.5 Å². The van der Waals surface area contributed by atoms with Crippen LogP contribution in [0.2, 0.25) is 0 Å². The molecule has 0 radical (unpaired) electrons. The monoisotopic (exact) mass is 201 g/mol. The lowest BCUT2D eigenvalue weighted by atomic mass is 9.91. The first kappa shape index (κ1) is 9.26. The summed E-state index contributed by atoms with van der Waals surface area (Å²) in [6.45, 7) is 0. The fourth-order valence-electron chi connectivity index (χ4n) is 1.97. The molecular formula is C10H17S2-. The molecule has 2 rings (SSSR count). The Labute approximate surface area is 84.3 Å². The van der Waals surface area contributed by atoms with Gasteiger partial charge in [0.05, 0.1) is 0 Å². The molecule has 0 amide bonds. The van der Waals surface area contributed by atoms with E-state index < -0.39 is 0 Å². The first-order valence-electron chi connectivity index (χ1n) is 5.04. The summed E-state index contributed by atoms with van der Waals surface area (Å²) >= 11 is 4.39. The molecule has 2 heteroatoms. The maximum absolute atomic E-state index is 2.20. The highest BCUT2D eigenvalue weighted by Gasteiger charge is 2.15. The Balaban J connectivity index is 1.80. The first-order chi connectivity index (χ1) is 5.97. The molecule has 1 aliphatic heterocycles. The SMILES string of the molecule is C1CC[C-](C2SCCCS2)CC1. The lowest BCUT2D eigenvalue weighted by Gasteiger charge is -2.43. The van der Waals surface area contributed by atoms with Gasteiger partial charge in [0.15, 0.2) is 0 Å². The fourth-order valence-corrected chi connectivity index (χ4v) is 5.10. The van der Waals surface area contributed by atoms with Gasteiger partial charge in [-0.05, 0) is 17.9 Å². The van der Waals surface area contributed by atoms with Crippen molar-refractivity contribution in [3.8, 4) is 0 Å². The van der Waals surface area contributed by atoms with E-state index in [1.165, 1.54) is 50.0 Å². The van der Waals surface area contributed by atoms with E-state index >= 15 is 0 Å². The van der Waals surface area contributed by atoms with Crippen LogP contribution in [0.1, 0.15) is 38.5 Å². The molecule has 70 valence electrons. The number of thioether (sulfide) groups is 2. The molecule has 0 aromatic carbocycles. The summed E-state index contributed by atoms with van der Waals surface area (Å²) in [4.78, 5) is 0. The maximum atomic E-state index is 2.20. The van der Waals surface area contributed by atoms with Gasteiger partial charge in [-0.3, -0.25) is 5.92 Å². The zero-order chi connectivity index (χ0) is 8.23. The van der Waals surface area contributed by atoms with Gasteiger partial charge in [0.2, 0.25) is 0 Å². The van der Waals surface area contributed by atoms with Crippen molar-refractivity contribution >= 4 is 23.5 Å². The van der Waals surface area contributed by atoms with Gasteiger partial charge in [0.1, 0.15) is 0 Å². The van der Waals surface area contributed by atoms with Gasteiger partial charge in [-0.2, -0.15) is 36.4 Å². The minimum absolute atomic E-state index is 0.888. The molecule has 1 aliphatic carbocycles. The van der Waals surface area contributed by atoms with E-state index in [4.69, 9.17) is 0 Å². The molecule has 2 fully saturated rings. The number of rotatable bonds is 1. The molecule has 1 saturated carbocycles. The molecule has 0 aromatic rings. The number of hydrogen-bond acceptors (Lipinski definition) is 2. The van der Waals surface area contributed by atoms with Gasteiger partial charge in [-0.25, -0.2) is 0 Å². The molecule has 0 unspecified atom stereocenters. The van der Waals surface area contributed by atoms with Crippen molar-refractivity contribution in [1.29, 1.82) is 0 Å². The second kappa shape index (κ2) is 4.80. The predicted octanol–water partition coefficient (Wildman–Crippen LogP) is 3.72. The Bertz CT molecular complexity index is 108. The summed E-state index contributed by atoms with van der Waals surface area (Å²) in [6, 6.07) is 0. The Morgan fingerprint density at radius 3 is 2.17 bits per heavy atom. The molecule has 0 N–H and O–H groups in total. The average Bonchev–Trinajstić information content (AvgIpc) is 2.21. The molecule has 2 aliphatic rings. The smallest absolute Gasteiger partial charge is 0.00750 e. The molecule has 0 atom stereocenters. The van der Waals surface area contributed by atoms with Gasteiger partial charge < -0.3 is 0 Å². The van der Waals surface area contributed by atoms with Crippen LogP contribution in [0.5, 0.6) is 0 Å². The van der Waals surface area contributed by atoms with E-state index in [9.17, 15) is 0 Å². The van der Waals surface area contributed by atoms with Gasteiger partial charge in [0, 0.05) is 0 Å². The van der Waals surface area contributed by atoms with Crippen molar-refractivity contribution in [1.82, 2.24) is 0 Å². The van der Waals surface area contributed by atoms with Crippen LogP contribution in [-0.2, 0) is 0 Å². The third-order valence-electron chi connectivity index (χ3n) is 2.66. The number of hydrogen-bond donors (Lipinski definition) is 0. The lowest BCUT2D eigenvalue weighted by Crippen LogP contribution is -2.18. The largest absolute Gasteiger partial charge is 0.291 e. The molecule has 0 aromatic heterocycles. The minimum atomic E-state index is 0.888. The first-order valence-corrected chi connectivity index (χ1v) is 7.14. The van der Waals surface area contributed by atoms with Gasteiger partial charge in [-0.1, -0.05) is 23.8 Å². The minimum Gasteiger partial charge on any atom is -0.291 e. The predicted molar refractivity (Wildman–Crippen MR) is 59.6 cm³/mol. The summed E-state index contributed by atoms with van der Waals surface area (Å²) < 4.78 is 0.888. The second-order valence-electron chi connectivity index (χ2n) is 3.65. The van der Waals surface area contributed by atoms with E-state index in [-0.39, 0.29) is 0 Å². The van der Waals surface area contributed by atoms with Gasteiger partial charge in [0.25, 0.3) is 0 Å². The second-order valence-corrected chi connectivity index (χ2v) is 6.37. The Morgan fingerprint density at radius 1 is 0.833 bits per heavy atom. The molecule has 1 saturated heterocycles. The lowest BCUT2D eigenvalue weighted by molar-refractivity contribution is 0.535. The molecule has 1 heterocycles. The Kier molecular flexibility index (Phi) is 3.71. The molecule has 0 bridgehead atoms. The third kappa shape index (κ3) is 2.35. The van der Waals surface area contributed by atoms with Crippen molar-refractivity contribution in [3.05, 3.63) is 5.92 Å². The van der Waals surface area contributed by atoms with E-state index in [1.54, 1.807) is 0 Å². The molecular weight excluding hydrogens is 184 g/mol. The van der Waals surface area contributed by atoms with Crippen LogP contribution in [0.25, 0.3) is 0 Å². The highest BCUT2D eigenvalue weighted by Crippen LogP contribution is 2.43. The fraction of sp³-hybridized carbons (Fsp3) is 0.900. The zero-order valence-electron chi connectivity index (χ0n) is 7.55. The highest BCUT2D eigenvalue weighted by molar-refractivity contribution is 8.17. The van der Waals surface area contributed by atoms with Gasteiger partial charge in [-0.15, -0.1) is 0 Å². The van der Waals surface area contributed by atoms with Crippen LogP contribution in [0.3, 0.4) is 0 Å². The summed E-state index contributed by atoms with van der Waals surface area (Å²) in [5, 5.41) is 0. The van der Waals surface area contributed by atoms with Crippen LogP contribution in [0.4, 0.5) is 0 Å². The van der Waals surface area contributed by atoms with Crippen molar-refractivity contribution in [2.45, 2.75) is 43.1 Å². The van der Waals surface area contributed by atoms with Crippen LogP contribution in [0, 0.1) is 5.92 Å². The third-order valence-corrected chi connectivity index (χ3v) is 5.79. The standard InChI is InChI=1S/C10H17S2/c1-2-5-9(6-3-1)10-11-7-4-8-12-10/h10H,1-8H2/q-1. The van der Waals surface area contributed by atoms with Crippen molar-refractivity contribution in [2.75, 3.05) is 11.5 Å². The maximum Gasteiger partial charge on any atom is -0.00750 e. The van der Waals surface area contributed by atoms with Crippen LogP contribution in [0.15, 0.2) is 0 Å². The topological polar surface area (TPSA) is 0 Å². The van der Waals surface area contributed by atoms with E-state index in [1.807, 2.05) is 5.92 Å². The average molecular weight is 201 g/mol. The Morgan fingerprint density at radius 2 is 1.50 bits per heavy atom. The van der Waals surface area contributed by atoms with Crippen LogP contribution in [-0.4, -0.2) is 16.1 Å². The summed E-state index contributed by atoms with van der Waals surface area (Å²) in [7, 11) is 0. The van der Waals surface area contributed by atoms with E-state index in [0.717, 1.165) is 4.58 Å². The molecule has 12 heavy (non-hydrogen) atoms. The van der Waals surface area contributed by atoms with E-state index in [2.05, 4.69) is 23.5 Å². The molecule has 0 nitrogen and oxygen atoms in total. The zero-order valence-corrected chi connectivity index (χ0v) is 9.18. The van der Waals surface area contributed by atoms with Crippen molar-refractivity contribution in [3.63, 3.8) is 0 Å². The summed E-state index contributed by atoms with van der Waals surface area (Å²) in [6.07, 6.45) is 8.71. The van der Waals surface area contributed by atoms with Crippen molar-refractivity contribution < 1.29 is 0 Å². The molecule has 0 spiro atoms. The van der Waals surface area contributed by atoms with Crippen molar-refractivity contribution in [2.24, 2.45) is 0 Å². The van der Waals surface area contributed by atoms with E-state index in [0.29, 0.717) is 0 Å². The Hall–Kier alpha value is 0.700. The highest BCUT2D eigenvalue weighted by atomic mass is 32.2. The summed E-state index contributed by atoms with van der Waals surface area (Å²) in [5.74, 6) is 4.68. The normalized spacial score (nSPS) is 29.0.